The Bertz CT molecular complexity index is 545. The zero-order valence-corrected chi connectivity index (χ0v) is 16.1. The molecular weight excluding hydrogens is 439 g/mol. The molecule has 2 aromatic rings. The summed E-state index contributed by atoms with van der Waals surface area (Å²) < 4.78 is 8.66. The summed E-state index contributed by atoms with van der Waals surface area (Å²) in [7, 11) is 1.63. The quantitative estimate of drug-likeness (QED) is 0.567. The van der Waals surface area contributed by atoms with Crippen molar-refractivity contribution >= 4 is 57.3 Å². The van der Waals surface area contributed by atoms with Crippen LogP contribution in [0.15, 0.2) is 16.7 Å². The minimum absolute atomic E-state index is 0.631. The summed E-state index contributed by atoms with van der Waals surface area (Å²) in [6, 6.07) is 2.11. The lowest BCUT2D eigenvalue weighted by Crippen LogP contribution is -1.99. The van der Waals surface area contributed by atoms with E-state index in [-0.39, 0.29) is 0 Å². The van der Waals surface area contributed by atoms with Gasteiger partial charge in [-0.15, -0.1) is 0 Å². The topological polar surface area (TPSA) is 27.1 Å². The van der Waals surface area contributed by atoms with Crippen LogP contribution in [0.2, 0.25) is 0 Å². The summed E-state index contributed by atoms with van der Waals surface area (Å²) in [6.07, 6.45) is 1.83. The van der Waals surface area contributed by atoms with Gasteiger partial charge in [-0.05, 0) is 41.4 Å². The van der Waals surface area contributed by atoms with Crippen LogP contribution in [0.3, 0.4) is 0 Å². The molecule has 0 aromatic carbocycles. The van der Waals surface area contributed by atoms with Crippen molar-refractivity contribution in [3.8, 4) is 0 Å². The average Bonchev–Trinajstić information content (AvgIpc) is 2.71. The zero-order chi connectivity index (χ0) is 14.4. The van der Waals surface area contributed by atoms with Crippen LogP contribution in [0, 0.1) is 6.92 Å². The molecule has 0 aliphatic carbocycles. The first-order valence-corrected chi connectivity index (χ1v) is 10.3. The van der Waals surface area contributed by atoms with Gasteiger partial charge in [0.25, 0.3) is 0 Å². The first-order chi connectivity index (χ1) is 9.19. The molecule has 2 rings (SSSR count). The monoisotopic (exact) mass is 456 g/mol. The fraction of sp³-hybridized carbons (Fsp3) is 0.462. The van der Waals surface area contributed by atoms with Crippen LogP contribution in [-0.4, -0.2) is 15.6 Å². The van der Waals surface area contributed by atoms with Gasteiger partial charge < -0.3 is 4.74 Å². The van der Waals surface area contributed by atoms with Gasteiger partial charge in [-0.3, -0.25) is 3.97 Å². The maximum Gasteiger partial charge on any atom is 0.151 e. The third kappa shape index (κ3) is 3.86. The first-order valence-electron chi connectivity index (χ1n) is 6.21. The van der Waals surface area contributed by atoms with Crippen molar-refractivity contribution in [3.63, 3.8) is 0 Å². The van der Waals surface area contributed by atoms with E-state index in [0.29, 0.717) is 6.61 Å². The predicted molar refractivity (Wildman–Crippen MR) is 95.9 cm³/mol. The second-order valence-electron chi connectivity index (χ2n) is 3.60. The summed E-state index contributed by atoms with van der Waals surface area (Å²) in [5.74, 6) is 0. The van der Waals surface area contributed by atoms with Crippen molar-refractivity contribution in [2.24, 2.45) is 0 Å². The largest absolute Gasteiger partial charge is 0.375 e. The lowest BCUT2D eigenvalue weighted by atomic mass is 10.2. The van der Waals surface area contributed by atoms with Gasteiger partial charge in [-0.25, -0.2) is 4.98 Å². The lowest BCUT2D eigenvalue weighted by molar-refractivity contribution is 0.131. The highest BCUT2D eigenvalue weighted by molar-refractivity contribution is 14.2. The highest BCUT2D eigenvalue weighted by Gasteiger charge is 2.15. The number of halogens is 2. The molecule has 0 saturated carbocycles. The van der Waals surface area contributed by atoms with E-state index < -0.39 is 0 Å². The van der Waals surface area contributed by atoms with E-state index in [4.69, 9.17) is 4.74 Å². The Morgan fingerprint density at radius 1 is 1.47 bits per heavy atom. The predicted octanol–water partition coefficient (Wildman–Crippen LogP) is 5.52. The number of hydrogen-bond donors (Lipinski definition) is 0. The Labute approximate surface area is 139 Å². The molecule has 0 aliphatic heterocycles. The van der Waals surface area contributed by atoms with E-state index in [1.165, 1.54) is 16.6 Å². The molecule has 0 spiro atoms. The molecule has 0 amide bonds. The number of rotatable bonds is 4. The molecule has 0 bridgehead atoms. The standard InChI is InChI=1S/C11H12BrIN2OS.C2H6/c1-3-16-6-10-7(2)9-4-8(12)5-14-11(9)15(10)17-13;1-2/h4-5H,3,6H2,1-2H3;1-2H3. The number of hydrogen-bond acceptors (Lipinski definition) is 3. The summed E-state index contributed by atoms with van der Waals surface area (Å²) in [4.78, 5) is 4.48. The van der Waals surface area contributed by atoms with Crippen LogP contribution in [-0.2, 0) is 11.3 Å². The summed E-state index contributed by atoms with van der Waals surface area (Å²) >= 11 is 5.74. The third-order valence-corrected chi connectivity index (χ3v) is 4.77. The number of fused-ring (bicyclic) bond motifs is 1. The summed E-state index contributed by atoms with van der Waals surface area (Å²) in [5.41, 5.74) is 3.43. The number of aromatic nitrogens is 2. The molecule has 0 atom stereocenters. The Morgan fingerprint density at radius 3 is 2.74 bits per heavy atom. The van der Waals surface area contributed by atoms with Gasteiger partial charge in [-0.1, -0.05) is 13.8 Å². The van der Waals surface area contributed by atoms with Crippen LogP contribution in [0.5, 0.6) is 0 Å². The third-order valence-electron chi connectivity index (χ3n) is 2.62. The minimum Gasteiger partial charge on any atom is -0.375 e. The van der Waals surface area contributed by atoms with Crippen molar-refractivity contribution in [2.75, 3.05) is 6.61 Å². The van der Waals surface area contributed by atoms with Crippen molar-refractivity contribution in [1.82, 2.24) is 8.96 Å². The highest BCUT2D eigenvalue weighted by Crippen LogP contribution is 2.32. The van der Waals surface area contributed by atoms with Gasteiger partial charge in [0, 0.05) is 53.0 Å². The lowest BCUT2D eigenvalue weighted by Gasteiger charge is -2.05. The highest BCUT2D eigenvalue weighted by atomic mass is 127. The molecule has 0 fully saturated rings. The molecule has 2 aromatic heterocycles. The Kier molecular flexibility index (Phi) is 7.71. The molecule has 0 saturated heterocycles. The molecule has 106 valence electrons. The molecule has 2 heterocycles. The van der Waals surface area contributed by atoms with Crippen LogP contribution in [0.1, 0.15) is 32.0 Å². The number of nitrogens with zero attached hydrogens (tertiary/aromatic N) is 2. The van der Waals surface area contributed by atoms with Crippen molar-refractivity contribution < 1.29 is 4.74 Å². The Hall–Kier alpha value is 0.210. The normalized spacial score (nSPS) is 10.4. The molecule has 19 heavy (non-hydrogen) atoms. The molecule has 6 heteroatoms. The fourth-order valence-electron chi connectivity index (χ4n) is 1.75. The van der Waals surface area contributed by atoms with E-state index in [1.54, 1.807) is 9.12 Å². The van der Waals surface area contributed by atoms with Crippen molar-refractivity contribution in [2.45, 2.75) is 34.3 Å². The van der Waals surface area contributed by atoms with Crippen LogP contribution in [0.4, 0.5) is 0 Å². The molecule has 0 aliphatic rings. The second-order valence-corrected chi connectivity index (χ2v) is 6.20. The SMILES string of the molecule is CC.CCOCc1c(C)c2cc(Br)cnc2n1SI. The average molecular weight is 457 g/mol. The number of aryl methyl sites for hydroxylation is 1. The van der Waals surface area contributed by atoms with E-state index >= 15 is 0 Å². The second kappa shape index (κ2) is 8.49. The maximum absolute atomic E-state index is 5.53. The number of pyridine rings is 1. The maximum atomic E-state index is 5.53. The van der Waals surface area contributed by atoms with E-state index in [0.717, 1.165) is 16.7 Å². The van der Waals surface area contributed by atoms with Gasteiger partial charge in [0.1, 0.15) is 0 Å². The van der Waals surface area contributed by atoms with E-state index in [2.05, 4.69) is 59.1 Å². The van der Waals surface area contributed by atoms with E-state index in [1.807, 2.05) is 27.0 Å². The first kappa shape index (κ1) is 17.3. The van der Waals surface area contributed by atoms with Gasteiger partial charge in [0.2, 0.25) is 0 Å². The van der Waals surface area contributed by atoms with Gasteiger partial charge in [0.05, 0.1) is 12.3 Å². The molecular formula is C13H18BrIN2OS. The van der Waals surface area contributed by atoms with Crippen molar-refractivity contribution in [3.05, 3.63) is 28.0 Å². The molecule has 0 unspecified atom stereocenters. The van der Waals surface area contributed by atoms with Crippen molar-refractivity contribution in [1.29, 1.82) is 0 Å². The molecule has 3 nitrogen and oxygen atoms in total. The Morgan fingerprint density at radius 2 is 2.16 bits per heavy atom. The van der Waals surface area contributed by atoms with Crippen LogP contribution < -0.4 is 0 Å². The molecule has 0 radical (unpaired) electrons. The van der Waals surface area contributed by atoms with Crippen LogP contribution >= 0.6 is 46.3 Å². The van der Waals surface area contributed by atoms with Crippen LogP contribution in [0.25, 0.3) is 11.0 Å². The fourth-order valence-corrected chi connectivity index (χ4v) is 3.83. The summed E-state index contributed by atoms with van der Waals surface area (Å²) in [6.45, 7) is 9.48. The minimum atomic E-state index is 0.631. The number of ether oxygens (including phenoxy) is 1. The van der Waals surface area contributed by atoms with E-state index in [9.17, 15) is 0 Å². The Balaban J connectivity index is 0.000000861. The van der Waals surface area contributed by atoms with Gasteiger partial charge >= 0.3 is 0 Å². The van der Waals surface area contributed by atoms with Gasteiger partial charge in [-0.2, -0.15) is 0 Å². The summed E-state index contributed by atoms with van der Waals surface area (Å²) in [5, 5.41) is 1.18. The van der Waals surface area contributed by atoms with Gasteiger partial charge in [0.15, 0.2) is 5.65 Å². The zero-order valence-electron chi connectivity index (χ0n) is 11.5. The molecule has 0 N–H and O–H groups in total. The smallest absolute Gasteiger partial charge is 0.151 e.